The molecule has 0 aromatic heterocycles. The minimum Gasteiger partial charge on any atom is -0.468 e. The molecule has 1 saturated carbocycles. The summed E-state index contributed by atoms with van der Waals surface area (Å²) in [4.78, 5) is 25.3. The second-order valence-corrected chi connectivity index (χ2v) is 5.80. The first kappa shape index (κ1) is 13.0. The van der Waals surface area contributed by atoms with E-state index in [1.54, 1.807) is 11.9 Å². The highest BCUT2D eigenvalue weighted by atomic mass is 16.5. The number of carbonyl (C=O) groups excluding carboxylic acids is 2. The fourth-order valence-corrected chi connectivity index (χ4v) is 1.97. The molecule has 0 unspecified atom stereocenters. The summed E-state index contributed by atoms with van der Waals surface area (Å²) in [6.45, 7) is 6.84. The highest BCUT2D eigenvalue weighted by Crippen LogP contribution is 2.48. The van der Waals surface area contributed by atoms with E-state index in [2.05, 4.69) is 20.8 Å². The first-order valence-corrected chi connectivity index (χ1v) is 5.57. The summed E-state index contributed by atoms with van der Waals surface area (Å²) in [6, 6.07) is 0. The number of methoxy groups -OCH3 is 1. The van der Waals surface area contributed by atoms with Crippen molar-refractivity contribution in [3.8, 4) is 0 Å². The molecular weight excluding hydrogens is 206 g/mol. The molecule has 1 rings (SSSR count). The molecule has 0 radical (unpaired) electrons. The van der Waals surface area contributed by atoms with Crippen LogP contribution in [0.3, 0.4) is 0 Å². The standard InChI is InChI=1S/C12H21NO3/c1-11(2,3)8-13(4)9(14)12(6-7-12)10(15)16-5/h6-8H2,1-5H3. The van der Waals surface area contributed by atoms with Gasteiger partial charge in [-0.05, 0) is 18.3 Å². The molecule has 0 heterocycles. The van der Waals surface area contributed by atoms with E-state index in [4.69, 9.17) is 4.74 Å². The van der Waals surface area contributed by atoms with Gasteiger partial charge in [0.15, 0.2) is 0 Å². The van der Waals surface area contributed by atoms with Crippen molar-refractivity contribution in [2.24, 2.45) is 10.8 Å². The average Bonchev–Trinajstić information content (AvgIpc) is 2.93. The lowest BCUT2D eigenvalue weighted by Crippen LogP contribution is -2.42. The molecule has 4 nitrogen and oxygen atoms in total. The third kappa shape index (κ3) is 2.54. The third-order valence-electron chi connectivity index (χ3n) is 2.79. The van der Waals surface area contributed by atoms with Crippen LogP contribution in [0.2, 0.25) is 0 Å². The molecule has 0 atom stereocenters. The van der Waals surface area contributed by atoms with Crippen molar-refractivity contribution in [2.45, 2.75) is 33.6 Å². The van der Waals surface area contributed by atoms with Crippen LogP contribution in [0.4, 0.5) is 0 Å². The number of carbonyl (C=O) groups is 2. The second kappa shape index (κ2) is 4.07. The monoisotopic (exact) mass is 227 g/mol. The number of esters is 1. The van der Waals surface area contributed by atoms with Gasteiger partial charge in [-0.2, -0.15) is 0 Å². The summed E-state index contributed by atoms with van der Waals surface area (Å²) < 4.78 is 4.69. The van der Waals surface area contributed by atoms with Crippen molar-refractivity contribution >= 4 is 11.9 Å². The van der Waals surface area contributed by atoms with Crippen LogP contribution < -0.4 is 0 Å². The molecule has 0 bridgehead atoms. The molecule has 1 fully saturated rings. The van der Waals surface area contributed by atoms with E-state index in [-0.39, 0.29) is 11.3 Å². The van der Waals surface area contributed by atoms with Crippen molar-refractivity contribution in [3.05, 3.63) is 0 Å². The lowest BCUT2D eigenvalue weighted by Gasteiger charge is -2.28. The molecule has 0 N–H and O–H groups in total. The van der Waals surface area contributed by atoms with Crippen LogP contribution in [0.1, 0.15) is 33.6 Å². The Labute approximate surface area is 96.9 Å². The summed E-state index contributed by atoms with van der Waals surface area (Å²) >= 11 is 0. The molecule has 0 aliphatic heterocycles. The molecule has 0 spiro atoms. The molecule has 0 saturated heterocycles. The Bertz CT molecular complexity index is 300. The Morgan fingerprint density at radius 3 is 2.12 bits per heavy atom. The number of hydrogen-bond acceptors (Lipinski definition) is 3. The van der Waals surface area contributed by atoms with Gasteiger partial charge >= 0.3 is 5.97 Å². The predicted octanol–water partition coefficient (Wildman–Crippen LogP) is 1.44. The zero-order chi connectivity index (χ0) is 12.6. The fourth-order valence-electron chi connectivity index (χ4n) is 1.97. The summed E-state index contributed by atoms with van der Waals surface area (Å²) in [5.74, 6) is -0.493. The topological polar surface area (TPSA) is 46.6 Å². The zero-order valence-corrected chi connectivity index (χ0v) is 10.8. The highest BCUT2D eigenvalue weighted by Gasteiger charge is 2.58. The van der Waals surface area contributed by atoms with Crippen molar-refractivity contribution in [2.75, 3.05) is 20.7 Å². The van der Waals surface area contributed by atoms with Crippen LogP contribution in [-0.4, -0.2) is 37.5 Å². The molecule has 0 aromatic rings. The van der Waals surface area contributed by atoms with Gasteiger partial charge in [-0.1, -0.05) is 20.8 Å². The van der Waals surface area contributed by atoms with E-state index < -0.39 is 11.4 Å². The molecular formula is C12H21NO3. The van der Waals surface area contributed by atoms with E-state index >= 15 is 0 Å². The van der Waals surface area contributed by atoms with E-state index in [1.165, 1.54) is 7.11 Å². The summed E-state index contributed by atoms with van der Waals surface area (Å²) in [5.41, 5.74) is -0.828. The van der Waals surface area contributed by atoms with Gasteiger partial charge in [0.1, 0.15) is 5.41 Å². The Kier molecular flexibility index (Phi) is 3.31. The second-order valence-electron chi connectivity index (χ2n) is 5.80. The lowest BCUT2D eigenvalue weighted by atomic mass is 9.95. The van der Waals surface area contributed by atoms with Gasteiger partial charge < -0.3 is 9.64 Å². The van der Waals surface area contributed by atoms with Gasteiger partial charge in [0.25, 0.3) is 0 Å². The predicted molar refractivity (Wildman–Crippen MR) is 60.8 cm³/mol. The largest absolute Gasteiger partial charge is 0.468 e. The third-order valence-corrected chi connectivity index (χ3v) is 2.79. The maximum atomic E-state index is 12.1. The van der Waals surface area contributed by atoms with Crippen molar-refractivity contribution in [1.82, 2.24) is 4.90 Å². The molecule has 1 amide bonds. The van der Waals surface area contributed by atoms with Crippen LogP contribution in [0.25, 0.3) is 0 Å². The summed E-state index contributed by atoms with van der Waals surface area (Å²) in [6.07, 6.45) is 1.24. The minimum absolute atomic E-state index is 0.0383. The van der Waals surface area contributed by atoms with E-state index in [0.29, 0.717) is 19.4 Å². The number of nitrogens with zero attached hydrogens (tertiary/aromatic N) is 1. The Balaban J connectivity index is 2.68. The van der Waals surface area contributed by atoms with Crippen LogP contribution in [0, 0.1) is 10.8 Å². The van der Waals surface area contributed by atoms with Gasteiger partial charge in [0.05, 0.1) is 7.11 Å². The first-order chi connectivity index (χ1) is 7.23. The molecule has 92 valence electrons. The van der Waals surface area contributed by atoms with E-state index in [0.717, 1.165) is 0 Å². The van der Waals surface area contributed by atoms with E-state index in [1.807, 2.05) is 0 Å². The SMILES string of the molecule is COC(=O)C1(C(=O)N(C)CC(C)(C)C)CC1. The van der Waals surface area contributed by atoms with Gasteiger partial charge in [0, 0.05) is 13.6 Å². The van der Waals surface area contributed by atoms with Crippen LogP contribution in [0.15, 0.2) is 0 Å². The fraction of sp³-hybridized carbons (Fsp3) is 0.833. The maximum absolute atomic E-state index is 12.1. The smallest absolute Gasteiger partial charge is 0.321 e. The lowest BCUT2D eigenvalue weighted by molar-refractivity contribution is -0.156. The van der Waals surface area contributed by atoms with Gasteiger partial charge in [-0.15, -0.1) is 0 Å². The van der Waals surface area contributed by atoms with Crippen molar-refractivity contribution in [3.63, 3.8) is 0 Å². The van der Waals surface area contributed by atoms with Crippen molar-refractivity contribution in [1.29, 1.82) is 0 Å². The normalized spacial score (nSPS) is 17.8. The summed E-state index contributed by atoms with van der Waals surface area (Å²) in [5, 5.41) is 0. The molecule has 0 aromatic carbocycles. The number of ether oxygens (including phenoxy) is 1. The van der Waals surface area contributed by atoms with Gasteiger partial charge in [-0.25, -0.2) is 0 Å². The highest BCUT2D eigenvalue weighted by molar-refractivity contribution is 6.05. The van der Waals surface area contributed by atoms with Crippen LogP contribution in [-0.2, 0) is 14.3 Å². The maximum Gasteiger partial charge on any atom is 0.321 e. The molecule has 1 aliphatic rings. The molecule has 16 heavy (non-hydrogen) atoms. The Hall–Kier alpha value is -1.06. The van der Waals surface area contributed by atoms with Crippen LogP contribution >= 0.6 is 0 Å². The number of hydrogen-bond donors (Lipinski definition) is 0. The minimum atomic E-state index is -0.866. The number of amides is 1. The Morgan fingerprint density at radius 2 is 1.81 bits per heavy atom. The quantitative estimate of drug-likeness (QED) is 0.541. The van der Waals surface area contributed by atoms with E-state index in [9.17, 15) is 9.59 Å². The summed E-state index contributed by atoms with van der Waals surface area (Å²) in [7, 11) is 3.08. The first-order valence-electron chi connectivity index (χ1n) is 5.57. The average molecular weight is 227 g/mol. The Morgan fingerprint density at radius 1 is 1.31 bits per heavy atom. The van der Waals surface area contributed by atoms with Gasteiger partial charge in [0.2, 0.25) is 5.91 Å². The molecule has 4 heteroatoms. The number of rotatable bonds is 3. The van der Waals surface area contributed by atoms with Crippen LogP contribution in [0.5, 0.6) is 0 Å². The van der Waals surface area contributed by atoms with Gasteiger partial charge in [-0.3, -0.25) is 9.59 Å². The van der Waals surface area contributed by atoms with Crippen molar-refractivity contribution < 1.29 is 14.3 Å². The zero-order valence-electron chi connectivity index (χ0n) is 10.8. The molecule has 1 aliphatic carbocycles.